The molecule has 0 spiro atoms. The lowest BCUT2D eigenvalue weighted by molar-refractivity contribution is -1.02. The number of piperazine rings is 1. The second-order valence-electron chi connectivity index (χ2n) is 8.53. The molecular formula is C19H31N7OS+2. The van der Waals surface area contributed by atoms with Crippen LogP contribution < -0.4 is 15.1 Å². The van der Waals surface area contributed by atoms with E-state index in [-0.39, 0.29) is 11.4 Å². The first-order chi connectivity index (χ1) is 13.2. The number of rotatable bonds is 5. The zero-order valence-corrected chi connectivity index (χ0v) is 18.0. The van der Waals surface area contributed by atoms with E-state index in [1.54, 1.807) is 12.4 Å². The number of nitrogens with one attached hydrogen (secondary N) is 3. The first-order valence-electron chi connectivity index (χ1n) is 9.75. The molecule has 1 fully saturated rings. The number of hydrogen-bond acceptors (Lipinski definition) is 4. The van der Waals surface area contributed by atoms with Gasteiger partial charge in [-0.1, -0.05) is 0 Å². The number of nitrogens with zero attached hydrogens (tertiary/aromatic N) is 4. The van der Waals surface area contributed by atoms with E-state index in [1.807, 2.05) is 49.2 Å². The Bertz CT molecular complexity index is 861. The van der Waals surface area contributed by atoms with Crippen LogP contribution in [-0.4, -0.2) is 63.5 Å². The van der Waals surface area contributed by atoms with E-state index >= 15 is 0 Å². The third-order valence-corrected chi connectivity index (χ3v) is 5.43. The van der Waals surface area contributed by atoms with Gasteiger partial charge in [0, 0.05) is 30.5 Å². The number of carbonyl (C=O) groups excluding carboxylic acids is 1. The Hall–Kier alpha value is -2.10. The van der Waals surface area contributed by atoms with Gasteiger partial charge in [0.1, 0.15) is 26.2 Å². The molecule has 1 aliphatic rings. The van der Waals surface area contributed by atoms with E-state index < -0.39 is 0 Å². The Morgan fingerprint density at radius 1 is 1.18 bits per heavy atom. The van der Waals surface area contributed by atoms with Crippen LogP contribution >= 0.6 is 12.2 Å². The van der Waals surface area contributed by atoms with Crippen molar-refractivity contribution in [1.82, 2.24) is 24.6 Å². The van der Waals surface area contributed by atoms with Crippen LogP contribution in [0.15, 0.2) is 24.5 Å². The summed E-state index contributed by atoms with van der Waals surface area (Å²) in [5.41, 5.74) is 0.836. The van der Waals surface area contributed by atoms with Crippen molar-refractivity contribution in [1.29, 1.82) is 0 Å². The lowest BCUT2D eigenvalue weighted by Crippen LogP contribution is -3.28. The molecule has 152 valence electrons. The molecule has 0 aliphatic carbocycles. The lowest BCUT2D eigenvalue weighted by atomic mass is 10.1. The van der Waals surface area contributed by atoms with Gasteiger partial charge in [-0.25, -0.2) is 0 Å². The monoisotopic (exact) mass is 405 g/mol. The largest absolute Gasteiger partial charge is 0.347 e. The van der Waals surface area contributed by atoms with E-state index in [0.717, 1.165) is 49.0 Å². The van der Waals surface area contributed by atoms with Crippen molar-refractivity contribution in [2.45, 2.75) is 33.0 Å². The lowest BCUT2D eigenvalue weighted by Gasteiger charge is -2.30. The van der Waals surface area contributed by atoms with Gasteiger partial charge in [-0.2, -0.15) is 4.68 Å². The van der Waals surface area contributed by atoms with E-state index in [9.17, 15) is 4.79 Å². The molecule has 1 amide bonds. The topological polar surface area (TPSA) is 73.6 Å². The van der Waals surface area contributed by atoms with Gasteiger partial charge in [0.2, 0.25) is 4.77 Å². The van der Waals surface area contributed by atoms with Crippen LogP contribution in [0.1, 0.15) is 20.8 Å². The van der Waals surface area contributed by atoms with Crippen LogP contribution in [0, 0.1) is 4.77 Å². The molecule has 0 atom stereocenters. The summed E-state index contributed by atoms with van der Waals surface area (Å²) >= 11 is 5.59. The molecule has 0 radical (unpaired) electrons. The first-order valence-corrected chi connectivity index (χ1v) is 10.2. The smallest absolute Gasteiger partial charge is 0.275 e. The van der Waals surface area contributed by atoms with Crippen LogP contribution in [0.2, 0.25) is 0 Å². The molecule has 8 nitrogen and oxygen atoms in total. The number of carbonyl (C=O) groups is 1. The Balaban J connectivity index is 1.57. The van der Waals surface area contributed by atoms with E-state index in [4.69, 9.17) is 17.3 Å². The van der Waals surface area contributed by atoms with Gasteiger partial charge in [0.05, 0.1) is 0 Å². The summed E-state index contributed by atoms with van der Waals surface area (Å²) in [7, 11) is 1.95. The molecule has 0 saturated carbocycles. The summed E-state index contributed by atoms with van der Waals surface area (Å²) in [6, 6.07) is 3.89. The highest BCUT2D eigenvalue weighted by atomic mass is 32.1. The normalized spacial score (nSPS) is 20.1. The van der Waals surface area contributed by atoms with Crippen molar-refractivity contribution in [3.05, 3.63) is 29.3 Å². The van der Waals surface area contributed by atoms with Gasteiger partial charge in [0.25, 0.3) is 5.91 Å². The summed E-state index contributed by atoms with van der Waals surface area (Å²) in [5.74, 6) is 0.981. The maximum absolute atomic E-state index is 12.1. The van der Waals surface area contributed by atoms with Crippen molar-refractivity contribution in [3.8, 4) is 11.4 Å². The second-order valence-corrected chi connectivity index (χ2v) is 8.90. The van der Waals surface area contributed by atoms with Crippen molar-refractivity contribution in [2.75, 3.05) is 32.7 Å². The Morgan fingerprint density at radius 2 is 1.79 bits per heavy atom. The summed E-state index contributed by atoms with van der Waals surface area (Å²) in [6.45, 7) is 11.3. The van der Waals surface area contributed by atoms with Crippen molar-refractivity contribution >= 4 is 18.1 Å². The van der Waals surface area contributed by atoms with Crippen molar-refractivity contribution in [2.24, 2.45) is 7.05 Å². The summed E-state index contributed by atoms with van der Waals surface area (Å²) < 4.78 is 4.58. The highest BCUT2D eigenvalue weighted by molar-refractivity contribution is 7.71. The number of hydrogen-bond donors (Lipinski definition) is 3. The SMILES string of the molecule is Cn1c(-c2ccncc2)nn(C[NH+]2CC[NH+](CC(=O)NC(C)(C)C)CC2)c1=S. The Morgan fingerprint density at radius 3 is 2.39 bits per heavy atom. The van der Waals surface area contributed by atoms with E-state index in [2.05, 4.69) is 10.3 Å². The fourth-order valence-electron chi connectivity index (χ4n) is 3.54. The minimum Gasteiger partial charge on any atom is -0.347 e. The standard InChI is InChI=1S/C19H29N7OS/c1-19(2,3)21-16(27)13-24-9-11-25(12-10-24)14-26-18(28)23(4)17(22-26)15-5-7-20-8-6-15/h5-8H,9-14H2,1-4H3,(H,21,27)/p+2. The highest BCUT2D eigenvalue weighted by Gasteiger charge is 2.27. The van der Waals surface area contributed by atoms with Crippen LogP contribution in [0.3, 0.4) is 0 Å². The zero-order chi connectivity index (χ0) is 20.3. The molecule has 3 N–H and O–H groups in total. The van der Waals surface area contributed by atoms with Gasteiger partial charge in [0.15, 0.2) is 19.0 Å². The Kier molecular flexibility index (Phi) is 6.26. The van der Waals surface area contributed by atoms with Gasteiger partial charge < -0.3 is 19.7 Å². The van der Waals surface area contributed by atoms with Gasteiger partial charge >= 0.3 is 0 Å². The highest BCUT2D eigenvalue weighted by Crippen LogP contribution is 2.15. The quantitative estimate of drug-likeness (QED) is 0.539. The van der Waals surface area contributed by atoms with Gasteiger partial charge in [-0.3, -0.25) is 9.78 Å². The Labute approximate surface area is 171 Å². The molecular weight excluding hydrogens is 374 g/mol. The molecule has 2 aromatic rings. The molecule has 2 aromatic heterocycles. The van der Waals surface area contributed by atoms with Crippen LogP contribution in [-0.2, 0) is 18.5 Å². The van der Waals surface area contributed by atoms with E-state index in [1.165, 1.54) is 9.80 Å². The van der Waals surface area contributed by atoms with Gasteiger partial charge in [-0.15, -0.1) is 5.10 Å². The molecule has 3 rings (SSSR count). The third-order valence-electron chi connectivity index (χ3n) is 4.94. The average Bonchev–Trinajstić information content (AvgIpc) is 2.91. The van der Waals surface area contributed by atoms with Gasteiger partial charge in [-0.05, 0) is 45.1 Å². The number of quaternary nitrogens is 2. The average molecular weight is 406 g/mol. The molecule has 0 unspecified atom stereocenters. The third kappa shape index (κ3) is 5.24. The van der Waals surface area contributed by atoms with Crippen molar-refractivity contribution < 1.29 is 14.6 Å². The molecule has 9 heteroatoms. The number of aromatic nitrogens is 4. The zero-order valence-electron chi connectivity index (χ0n) is 17.2. The van der Waals surface area contributed by atoms with Crippen LogP contribution in [0.5, 0.6) is 0 Å². The first kappa shape index (κ1) is 20.6. The molecule has 3 heterocycles. The van der Waals surface area contributed by atoms with Crippen molar-refractivity contribution in [3.63, 3.8) is 0 Å². The molecule has 1 saturated heterocycles. The van der Waals surface area contributed by atoms with Crippen LogP contribution in [0.4, 0.5) is 0 Å². The minimum atomic E-state index is -0.175. The molecule has 0 bridgehead atoms. The summed E-state index contributed by atoms with van der Waals surface area (Å²) in [5, 5.41) is 7.79. The van der Waals surface area contributed by atoms with E-state index in [0.29, 0.717) is 6.54 Å². The molecule has 28 heavy (non-hydrogen) atoms. The number of pyridine rings is 1. The predicted molar refractivity (Wildman–Crippen MR) is 109 cm³/mol. The number of amides is 1. The maximum atomic E-state index is 12.1. The second kappa shape index (κ2) is 8.50. The maximum Gasteiger partial charge on any atom is 0.275 e. The minimum absolute atomic E-state index is 0.125. The summed E-state index contributed by atoms with van der Waals surface area (Å²) in [4.78, 5) is 19.0. The molecule has 0 aromatic carbocycles. The summed E-state index contributed by atoms with van der Waals surface area (Å²) in [6.07, 6.45) is 3.53. The predicted octanol–water partition coefficient (Wildman–Crippen LogP) is -1.33. The van der Waals surface area contributed by atoms with Crippen LogP contribution in [0.25, 0.3) is 11.4 Å². The fraction of sp³-hybridized carbons (Fsp3) is 0.579. The molecule has 1 aliphatic heterocycles. The fourth-order valence-corrected chi connectivity index (χ4v) is 3.73.